The quantitative estimate of drug-likeness (QED) is 0.397. The summed E-state index contributed by atoms with van der Waals surface area (Å²) < 4.78 is 33.6. The van der Waals surface area contributed by atoms with E-state index in [1.54, 1.807) is 19.1 Å². The van der Waals surface area contributed by atoms with Crippen molar-refractivity contribution in [3.8, 4) is 5.75 Å². The van der Waals surface area contributed by atoms with Gasteiger partial charge in [0.2, 0.25) is 11.8 Å². The molecule has 0 fully saturated rings. The van der Waals surface area contributed by atoms with E-state index in [0.717, 1.165) is 9.87 Å². The summed E-state index contributed by atoms with van der Waals surface area (Å²) in [5.74, 6) is -0.365. The van der Waals surface area contributed by atoms with Crippen molar-refractivity contribution < 1.29 is 22.7 Å². The van der Waals surface area contributed by atoms with Crippen LogP contribution in [-0.2, 0) is 26.0 Å². The summed E-state index contributed by atoms with van der Waals surface area (Å²) in [5, 5.41) is 2.99. The first kappa shape index (κ1) is 28.0. The molecule has 3 aromatic rings. The number of ether oxygens (including phenoxy) is 1. The maximum Gasteiger partial charge on any atom is 0.264 e. The number of nitrogens with zero attached hydrogens (tertiary/aromatic N) is 2. The third kappa shape index (κ3) is 7.02. The van der Waals surface area contributed by atoms with Crippen LogP contribution >= 0.6 is 11.6 Å². The predicted octanol–water partition coefficient (Wildman–Crippen LogP) is 3.75. The van der Waals surface area contributed by atoms with Crippen molar-refractivity contribution in [2.45, 2.75) is 24.3 Å². The lowest BCUT2D eigenvalue weighted by atomic mass is 10.1. The van der Waals surface area contributed by atoms with E-state index in [1.165, 1.54) is 55.5 Å². The summed E-state index contributed by atoms with van der Waals surface area (Å²) in [4.78, 5) is 27.5. The van der Waals surface area contributed by atoms with Crippen LogP contribution in [0.15, 0.2) is 83.8 Å². The second kappa shape index (κ2) is 12.6. The molecule has 0 aliphatic heterocycles. The van der Waals surface area contributed by atoms with Crippen LogP contribution in [0.4, 0.5) is 5.69 Å². The number of rotatable bonds is 11. The summed E-state index contributed by atoms with van der Waals surface area (Å²) >= 11 is 6.03. The summed E-state index contributed by atoms with van der Waals surface area (Å²) in [6, 6.07) is 20.8. The topological polar surface area (TPSA) is 96.0 Å². The molecule has 3 aromatic carbocycles. The van der Waals surface area contributed by atoms with E-state index in [-0.39, 0.29) is 23.0 Å². The molecule has 0 spiro atoms. The molecule has 0 aliphatic rings. The Morgan fingerprint density at radius 3 is 2.16 bits per heavy atom. The van der Waals surface area contributed by atoms with Gasteiger partial charge in [-0.25, -0.2) is 8.42 Å². The van der Waals surface area contributed by atoms with Crippen LogP contribution in [0, 0.1) is 0 Å². The molecule has 3 rings (SSSR count). The standard InChI is InChI=1S/C27H30ClN3O5S/c1-20(27(33)29-2)30(18-17-21-7-5-4-6-8-21)26(32)19-31(23-11-9-22(28)10-12-23)37(34,35)25-15-13-24(36-3)14-16-25/h4-16,20H,17-19H2,1-3H3,(H,29,33). The summed E-state index contributed by atoms with van der Waals surface area (Å²) in [7, 11) is -1.17. The van der Waals surface area contributed by atoms with Crippen LogP contribution in [0.3, 0.4) is 0 Å². The normalized spacial score (nSPS) is 11.9. The molecule has 8 nitrogen and oxygen atoms in total. The van der Waals surface area contributed by atoms with Gasteiger partial charge in [0.15, 0.2) is 0 Å². The average molecular weight is 544 g/mol. The maximum atomic E-state index is 13.7. The van der Waals surface area contributed by atoms with E-state index >= 15 is 0 Å². The smallest absolute Gasteiger partial charge is 0.264 e. The number of carbonyl (C=O) groups is 2. The molecule has 1 atom stereocenters. The minimum atomic E-state index is -4.15. The van der Waals surface area contributed by atoms with Crippen LogP contribution in [0.5, 0.6) is 5.75 Å². The van der Waals surface area contributed by atoms with Crippen LogP contribution in [0.2, 0.25) is 5.02 Å². The Balaban J connectivity index is 1.96. The highest BCUT2D eigenvalue weighted by Gasteiger charge is 2.32. The summed E-state index contributed by atoms with van der Waals surface area (Å²) in [6.07, 6.45) is 0.500. The number of amides is 2. The van der Waals surface area contributed by atoms with Gasteiger partial charge in [0.1, 0.15) is 18.3 Å². The number of methoxy groups -OCH3 is 1. The average Bonchev–Trinajstić information content (AvgIpc) is 2.92. The van der Waals surface area contributed by atoms with E-state index in [9.17, 15) is 18.0 Å². The number of likely N-dealkylation sites (N-methyl/N-ethyl adjacent to an activating group) is 1. The van der Waals surface area contributed by atoms with Crippen LogP contribution < -0.4 is 14.4 Å². The van der Waals surface area contributed by atoms with Gasteiger partial charge in [-0.1, -0.05) is 41.9 Å². The van der Waals surface area contributed by atoms with Gasteiger partial charge in [-0.3, -0.25) is 13.9 Å². The molecule has 2 amide bonds. The van der Waals surface area contributed by atoms with Crippen molar-refractivity contribution in [1.82, 2.24) is 10.2 Å². The number of carbonyl (C=O) groups excluding carboxylic acids is 2. The predicted molar refractivity (Wildman–Crippen MR) is 144 cm³/mol. The van der Waals surface area contributed by atoms with Crippen molar-refractivity contribution in [3.05, 3.63) is 89.4 Å². The fraction of sp³-hybridized carbons (Fsp3) is 0.259. The molecule has 196 valence electrons. The molecule has 0 aromatic heterocycles. The van der Waals surface area contributed by atoms with Gasteiger partial charge in [0.05, 0.1) is 17.7 Å². The van der Waals surface area contributed by atoms with Gasteiger partial charge in [0, 0.05) is 18.6 Å². The van der Waals surface area contributed by atoms with Crippen molar-refractivity contribution in [3.63, 3.8) is 0 Å². The Morgan fingerprint density at radius 2 is 1.59 bits per heavy atom. The highest BCUT2D eigenvalue weighted by Crippen LogP contribution is 2.27. The zero-order valence-electron chi connectivity index (χ0n) is 20.9. The van der Waals surface area contributed by atoms with Crippen molar-refractivity contribution >= 4 is 39.1 Å². The van der Waals surface area contributed by atoms with Crippen molar-refractivity contribution in [1.29, 1.82) is 0 Å². The molecular formula is C27H30ClN3O5S. The number of hydrogen-bond acceptors (Lipinski definition) is 5. The lowest BCUT2D eigenvalue weighted by molar-refractivity contribution is -0.138. The number of anilines is 1. The van der Waals surface area contributed by atoms with Gasteiger partial charge >= 0.3 is 0 Å². The monoisotopic (exact) mass is 543 g/mol. The van der Waals surface area contributed by atoms with Crippen LogP contribution in [-0.4, -0.2) is 58.4 Å². The highest BCUT2D eigenvalue weighted by atomic mass is 35.5. The number of nitrogens with one attached hydrogen (secondary N) is 1. The zero-order valence-corrected chi connectivity index (χ0v) is 22.5. The fourth-order valence-electron chi connectivity index (χ4n) is 3.79. The number of benzene rings is 3. The molecule has 0 radical (unpaired) electrons. The third-order valence-electron chi connectivity index (χ3n) is 5.94. The van der Waals surface area contributed by atoms with E-state index < -0.39 is 28.5 Å². The van der Waals surface area contributed by atoms with E-state index in [4.69, 9.17) is 16.3 Å². The number of halogens is 1. The zero-order chi connectivity index (χ0) is 27.0. The van der Waals surface area contributed by atoms with E-state index in [0.29, 0.717) is 17.2 Å². The third-order valence-corrected chi connectivity index (χ3v) is 7.98. The van der Waals surface area contributed by atoms with E-state index in [2.05, 4.69) is 5.32 Å². The Bertz CT molecular complexity index is 1300. The van der Waals surface area contributed by atoms with Gasteiger partial charge < -0.3 is 15.0 Å². The molecule has 10 heteroatoms. The SMILES string of the molecule is CNC(=O)C(C)N(CCc1ccccc1)C(=O)CN(c1ccc(Cl)cc1)S(=O)(=O)c1ccc(OC)cc1. The Labute approximate surface area is 222 Å². The Hall–Kier alpha value is -3.56. The molecule has 0 heterocycles. The first-order valence-electron chi connectivity index (χ1n) is 11.6. The first-order valence-corrected chi connectivity index (χ1v) is 13.5. The summed E-state index contributed by atoms with van der Waals surface area (Å²) in [5.41, 5.74) is 1.26. The van der Waals surface area contributed by atoms with Gasteiger partial charge in [-0.05, 0) is 67.4 Å². The molecular weight excluding hydrogens is 514 g/mol. The minimum absolute atomic E-state index is 0.00812. The van der Waals surface area contributed by atoms with Crippen LogP contribution in [0.25, 0.3) is 0 Å². The minimum Gasteiger partial charge on any atom is -0.497 e. The Kier molecular flexibility index (Phi) is 9.54. The lowest BCUT2D eigenvalue weighted by Gasteiger charge is -2.31. The molecule has 0 bridgehead atoms. The fourth-order valence-corrected chi connectivity index (χ4v) is 5.33. The van der Waals surface area contributed by atoms with Crippen molar-refractivity contribution in [2.24, 2.45) is 0 Å². The molecule has 0 aliphatic carbocycles. The first-order chi connectivity index (χ1) is 17.7. The number of hydrogen-bond donors (Lipinski definition) is 1. The summed E-state index contributed by atoms with van der Waals surface area (Å²) in [6.45, 7) is 1.34. The maximum absolute atomic E-state index is 13.7. The van der Waals surface area contributed by atoms with Gasteiger partial charge in [-0.2, -0.15) is 0 Å². The molecule has 0 saturated carbocycles. The second-order valence-electron chi connectivity index (χ2n) is 8.28. The molecule has 1 N–H and O–H groups in total. The van der Waals surface area contributed by atoms with Gasteiger partial charge in [-0.15, -0.1) is 0 Å². The largest absolute Gasteiger partial charge is 0.497 e. The second-order valence-corrected chi connectivity index (χ2v) is 10.6. The number of sulfonamides is 1. The highest BCUT2D eigenvalue weighted by molar-refractivity contribution is 7.92. The van der Waals surface area contributed by atoms with Crippen LogP contribution in [0.1, 0.15) is 12.5 Å². The lowest BCUT2D eigenvalue weighted by Crippen LogP contribution is -2.51. The molecule has 0 saturated heterocycles. The molecule has 37 heavy (non-hydrogen) atoms. The van der Waals surface area contributed by atoms with E-state index in [1.807, 2.05) is 30.3 Å². The molecule has 1 unspecified atom stereocenters. The Morgan fingerprint density at radius 1 is 0.973 bits per heavy atom. The van der Waals surface area contributed by atoms with Crippen molar-refractivity contribution in [2.75, 3.05) is 31.6 Å². The van der Waals surface area contributed by atoms with Gasteiger partial charge in [0.25, 0.3) is 10.0 Å².